The van der Waals surface area contributed by atoms with Gasteiger partial charge in [0.25, 0.3) is 0 Å². The van der Waals surface area contributed by atoms with E-state index in [0.717, 1.165) is 17.0 Å². The molecule has 3 nitrogen and oxygen atoms in total. The number of aliphatic imine (C=N–C) groups is 1. The number of ether oxygens (including phenoxy) is 1. The Labute approximate surface area is 104 Å². The molecular weight excluding hydrogens is 232 g/mol. The Morgan fingerprint density at radius 1 is 1.35 bits per heavy atom. The van der Waals surface area contributed by atoms with Crippen molar-refractivity contribution in [3.05, 3.63) is 35.7 Å². The van der Waals surface area contributed by atoms with Gasteiger partial charge in [0.2, 0.25) is 0 Å². The zero-order valence-corrected chi connectivity index (χ0v) is 10.2. The lowest BCUT2D eigenvalue weighted by atomic mass is 10.1. The molecule has 0 radical (unpaired) electrons. The Bertz CT molecular complexity index is 575. The minimum atomic E-state index is -0.143. The number of thiophene rings is 1. The van der Waals surface area contributed by atoms with Crippen molar-refractivity contribution >= 4 is 22.9 Å². The van der Waals surface area contributed by atoms with Crippen LogP contribution >= 0.6 is 11.3 Å². The third-order valence-corrected chi connectivity index (χ3v) is 3.65. The van der Waals surface area contributed by atoms with Gasteiger partial charge in [-0.2, -0.15) is 0 Å². The first-order chi connectivity index (χ1) is 8.24. The van der Waals surface area contributed by atoms with Crippen LogP contribution in [0, 0.1) is 0 Å². The van der Waals surface area contributed by atoms with Gasteiger partial charge in [0.1, 0.15) is 17.3 Å². The first-order valence-electron chi connectivity index (χ1n) is 5.42. The monoisotopic (exact) mass is 244 g/mol. The third kappa shape index (κ3) is 1.80. The quantitative estimate of drug-likeness (QED) is 0.837. The molecule has 2 heterocycles. The summed E-state index contributed by atoms with van der Waals surface area (Å²) >= 11 is 1.71. The molecule has 0 amide bonds. The molecule has 86 valence electrons. The number of nitrogens with two attached hydrogens (primary N) is 1. The van der Waals surface area contributed by atoms with Crippen LogP contribution in [0.5, 0.6) is 5.75 Å². The average Bonchev–Trinajstić information content (AvgIpc) is 2.83. The largest absolute Gasteiger partial charge is 0.481 e. The fourth-order valence-corrected chi connectivity index (χ4v) is 2.51. The highest BCUT2D eigenvalue weighted by Crippen LogP contribution is 2.36. The predicted molar refractivity (Wildman–Crippen MR) is 71.1 cm³/mol. The zero-order valence-electron chi connectivity index (χ0n) is 9.38. The first-order valence-corrected chi connectivity index (χ1v) is 6.30. The highest BCUT2D eigenvalue weighted by atomic mass is 32.1. The summed E-state index contributed by atoms with van der Waals surface area (Å²) in [5.74, 6) is 1.33. The number of fused-ring (bicyclic) bond motifs is 1. The summed E-state index contributed by atoms with van der Waals surface area (Å²) in [4.78, 5) is 5.59. The maximum absolute atomic E-state index is 5.79. The summed E-state index contributed by atoms with van der Waals surface area (Å²) in [6, 6.07) is 10.1. The number of hydrogen-bond donors (Lipinski definition) is 1. The Morgan fingerprint density at radius 2 is 2.24 bits per heavy atom. The molecule has 2 N–H and O–H groups in total. The number of amidine groups is 1. The van der Waals surface area contributed by atoms with Gasteiger partial charge in [-0.05, 0) is 42.1 Å². The van der Waals surface area contributed by atoms with E-state index >= 15 is 0 Å². The fraction of sp³-hybridized carbons (Fsp3) is 0.154. The van der Waals surface area contributed by atoms with Crippen LogP contribution in [0.3, 0.4) is 0 Å². The molecule has 0 fully saturated rings. The molecule has 1 unspecified atom stereocenters. The highest BCUT2D eigenvalue weighted by Gasteiger charge is 2.18. The first kappa shape index (κ1) is 10.4. The Balaban J connectivity index is 2.07. The number of nitrogens with zero attached hydrogens (tertiary/aromatic N) is 1. The van der Waals surface area contributed by atoms with Crippen LogP contribution in [0.2, 0.25) is 0 Å². The second-order valence-electron chi connectivity index (χ2n) is 3.96. The molecule has 1 aliphatic rings. The van der Waals surface area contributed by atoms with Crippen LogP contribution in [0.1, 0.15) is 6.92 Å². The standard InChI is InChI=1S/C13H12N2OS/c1-8-13(14)15-10-7-9(4-5-11(10)16-8)12-3-2-6-17-12/h2-8H,1H3,(H2,14,15). The fourth-order valence-electron chi connectivity index (χ4n) is 1.78. The van der Waals surface area contributed by atoms with Crippen molar-refractivity contribution in [2.45, 2.75) is 13.0 Å². The molecule has 2 aromatic rings. The molecule has 0 aliphatic carbocycles. The molecule has 0 spiro atoms. The molecular formula is C13H12N2OS. The van der Waals surface area contributed by atoms with Crippen molar-refractivity contribution in [2.75, 3.05) is 0 Å². The van der Waals surface area contributed by atoms with E-state index in [1.165, 1.54) is 4.88 Å². The van der Waals surface area contributed by atoms with Gasteiger partial charge in [0.05, 0.1) is 0 Å². The van der Waals surface area contributed by atoms with E-state index in [-0.39, 0.29) is 6.10 Å². The second kappa shape index (κ2) is 3.89. The predicted octanol–water partition coefficient (Wildman–Crippen LogP) is 3.18. The maximum atomic E-state index is 5.79. The van der Waals surface area contributed by atoms with E-state index in [2.05, 4.69) is 22.5 Å². The van der Waals surface area contributed by atoms with Gasteiger partial charge in [0.15, 0.2) is 6.10 Å². The topological polar surface area (TPSA) is 47.6 Å². The van der Waals surface area contributed by atoms with Gasteiger partial charge in [-0.3, -0.25) is 0 Å². The van der Waals surface area contributed by atoms with Crippen molar-refractivity contribution in [1.82, 2.24) is 0 Å². The van der Waals surface area contributed by atoms with E-state index < -0.39 is 0 Å². The minimum absolute atomic E-state index is 0.143. The number of rotatable bonds is 1. The van der Waals surface area contributed by atoms with Gasteiger partial charge in [-0.25, -0.2) is 4.99 Å². The van der Waals surface area contributed by atoms with Crippen LogP contribution in [-0.2, 0) is 0 Å². The molecule has 1 aliphatic heterocycles. The third-order valence-electron chi connectivity index (χ3n) is 2.73. The van der Waals surface area contributed by atoms with Gasteiger partial charge in [-0.1, -0.05) is 6.07 Å². The molecule has 3 rings (SSSR count). The summed E-state index contributed by atoms with van der Waals surface area (Å²) in [6.07, 6.45) is -0.143. The van der Waals surface area contributed by atoms with Gasteiger partial charge >= 0.3 is 0 Å². The van der Waals surface area contributed by atoms with Gasteiger partial charge < -0.3 is 10.5 Å². The van der Waals surface area contributed by atoms with Gasteiger partial charge in [-0.15, -0.1) is 11.3 Å². The van der Waals surface area contributed by atoms with Crippen molar-refractivity contribution in [1.29, 1.82) is 0 Å². The smallest absolute Gasteiger partial charge is 0.153 e. The number of benzene rings is 1. The van der Waals surface area contributed by atoms with Crippen LogP contribution in [0.25, 0.3) is 10.4 Å². The summed E-state index contributed by atoms with van der Waals surface area (Å²) in [5, 5.41) is 2.06. The van der Waals surface area contributed by atoms with E-state index in [1.54, 1.807) is 11.3 Å². The van der Waals surface area contributed by atoms with E-state index in [9.17, 15) is 0 Å². The van der Waals surface area contributed by atoms with Crippen LogP contribution in [-0.4, -0.2) is 11.9 Å². The Hall–Kier alpha value is -1.81. The molecule has 4 heteroatoms. The molecule has 0 saturated carbocycles. The molecule has 0 bridgehead atoms. The van der Waals surface area contributed by atoms with Crippen LogP contribution in [0.4, 0.5) is 5.69 Å². The van der Waals surface area contributed by atoms with Crippen molar-refractivity contribution in [3.8, 4) is 16.2 Å². The molecule has 17 heavy (non-hydrogen) atoms. The van der Waals surface area contributed by atoms with Gasteiger partial charge in [0, 0.05) is 4.88 Å². The Kier molecular flexibility index (Phi) is 2.37. The van der Waals surface area contributed by atoms with Crippen molar-refractivity contribution < 1.29 is 4.74 Å². The van der Waals surface area contributed by atoms with Crippen molar-refractivity contribution in [2.24, 2.45) is 10.7 Å². The summed E-state index contributed by atoms with van der Waals surface area (Å²) in [5.41, 5.74) is 7.75. The maximum Gasteiger partial charge on any atom is 0.153 e. The van der Waals surface area contributed by atoms with E-state index in [0.29, 0.717) is 5.84 Å². The highest BCUT2D eigenvalue weighted by molar-refractivity contribution is 7.13. The summed E-state index contributed by atoms with van der Waals surface area (Å²) in [6.45, 7) is 1.90. The normalized spacial score (nSPS) is 18.2. The molecule has 1 aromatic carbocycles. The van der Waals surface area contributed by atoms with Crippen LogP contribution < -0.4 is 10.5 Å². The number of hydrogen-bond acceptors (Lipinski definition) is 4. The average molecular weight is 244 g/mol. The lowest BCUT2D eigenvalue weighted by Gasteiger charge is -2.21. The SMILES string of the molecule is CC1Oc2ccc(-c3cccs3)cc2N=C1N. The molecule has 0 saturated heterocycles. The molecule has 1 atom stereocenters. The summed E-state index contributed by atoms with van der Waals surface area (Å²) in [7, 11) is 0. The Morgan fingerprint density at radius 3 is 3.00 bits per heavy atom. The second-order valence-corrected chi connectivity index (χ2v) is 4.90. The van der Waals surface area contributed by atoms with E-state index in [4.69, 9.17) is 10.5 Å². The van der Waals surface area contributed by atoms with E-state index in [1.807, 2.05) is 25.1 Å². The summed E-state index contributed by atoms with van der Waals surface area (Å²) < 4.78 is 5.66. The molecule has 1 aromatic heterocycles. The van der Waals surface area contributed by atoms with Crippen molar-refractivity contribution in [3.63, 3.8) is 0 Å². The van der Waals surface area contributed by atoms with Crippen LogP contribution in [0.15, 0.2) is 40.7 Å². The lowest BCUT2D eigenvalue weighted by Crippen LogP contribution is -2.33. The minimum Gasteiger partial charge on any atom is -0.481 e. The lowest BCUT2D eigenvalue weighted by molar-refractivity contribution is 0.281. The zero-order chi connectivity index (χ0) is 11.8.